The van der Waals surface area contributed by atoms with Gasteiger partial charge in [-0.05, 0) is 79.2 Å². The molecule has 1 saturated heterocycles. The minimum Gasteiger partial charge on any atom is -0.477 e. The number of aromatic carboxylic acids is 1. The van der Waals surface area contributed by atoms with Gasteiger partial charge in [-0.2, -0.15) is 0 Å². The number of amides is 2. The van der Waals surface area contributed by atoms with Gasteiger partial charge in [0.1, 0.15) is 10.9 Å². The van der Waals surface area contributed by atoms with Crippen LogP contribution in [0.5, 0.6) is 0 Å². The lowest BCUT2D eigenvalue weighted by Crippen LogP contribution is -2.57. The number of anilines is 1. The zero-order valence-corrected chi connectivity index (χ0v) is 23.5. The fourth-order valence-electron chi connectivity index (χ4n) is 4.83. The number of morpholine rings is 1. The molecule has 2 aliphatic rings. The van der Waals surface area contributed by atoms with Gasteiger partial charge in [0.25, 0.3) is 0 Å². The van der Waals surface area contributed by atoms with Gasteiger partial charge in [-0.1, -0.05) is 18.8 Å². The van der Waals surface area contributed by atoms with Crippen LogP contribution in [0.4, 0.5) is 5.69 Å². The van der Waals surface area contributed by atoms with E-state index in [4.69, 9.17) is 4.74 Å². The van der Waals surface area contributed by atoms with Crippen LogP contribution in [0, 0.1) is 29.1 Å². The third kappa shape index (κ3) is 6.89. The molecule has 1 saturated carbocycles. The van der Waals surface area contributed by atoms with E-state index in [0.717, 1.165) is 37.0 Å². The summed E-state index contributed by atoms with van der Waals surface area (Å²) in [5, 5.41) is 10.0. The molecule has 0 spiro atoms. The number of thiophene rings is 1. The molecule has 2 heterocycles. The Morgan fingerprint density at radius 1 is 1.22 bits per heavy atom. The summed E-state index contributed by atoms with van der Waals surface area (Å²) in [6.45, 7) is 15.0. The summed E-state index contributed by atoms with van der Waals surface area (Å²) in [4.78, 5) is 43.7. The van der Waals surface area contributed by atoms with Crippen molar-refractivity contribution in [3.63, 3.8) is 0 Å². The smallest absolute Gasteiger partial charge is 0.348 e. The Bertz CT molecular complexity index is 1050. The highest BCUT2D eigenvalue weighted by atomic mass is 32.1. The Kier molecular flexibility index (Phi) is 8.57. The number of carbonyl (C=O) groups excluding carboxylic acids is 2. The van der Waals surface area contributed by atoms with Gasteiger partial charge in [-0.25, -0.2) is 4.79 Å². The maximum Gasteiger partial charge on any atom is 0.348 e. The number of hydrogen-bond donors (Lipinski definition) is 1. The zero-order chi connectivity index (χ0) is 26.8. The summed E-state index contributed by atoms with van der Waals surface area (Å²) in [7, 11) is 0. The molecule has 8 heteroatoms. The molecule has 1 atom stereocenters. The van der Waals surface area contributed by atoms with Crippen LogP contribution in [0.2, 0.25) is 0 Å². The average molecular weight is 517 g/mol. The average Bonchev–Trinajstić information content (AvgIpc) is 3.21. The first-order valence-corrected chi connectivity index (χ1v) is 13.7. The SMILES string of the molecule is CC1CCC(C(=O)N(c2cc(C#CC(C)(C)C)sc2C(=O)O)[C@@H](C)C(=O)N2CCOC(C)(C)C2)CC1. The third-order valence-electron chi connectivity index (χ3n) is 6.81. The number of hydrogen-bond acceptors (Lipinski definition) is 5. The van der Waals surface area contributed by atoms with Crippen LogP contribution in [-0.4, -0.2) is 59.1 Å². The number of ether oxygens (including phenoxy) is 1. The molecule has 7 nitrogen and oxygen atoms in total. The topological polar surface area (TPSA) is 87.2 Å². The Morgan fingerprint density at radius 3 is 2.42 bits per heavy atom. The summed E-state index contributed by atoms with van der Waals surface area (Å²) in [5.41, 5.74) is -0.469. The highest BCUT2D eigenvalue weighted by Gasteiger charge is 2.40. The normalized spacial score (nSPS) is 22.8. The van der Waals surface area contributed by atoms with E-state index in [1.54, 1.807) is 17.9 Å². The lowest BCUT2D eigenvalue weighted by atomic mass is 9.82. The first-order valence-electron chi connectivity index (χ1n) is 12.8. The Hall–Kier alpha value is -2.37. The molecule has 1 aliphatic heterocycles. The standard InChI is InChI=1S/C28H40N2O5S/c1-18-8-10-20(11-9-18)25(32)30(19(2)24(31)29-14-15-35-28(6,7)17-29)22-16-21(12-13-27(3,4)5)36-23(22)26(33)34/h16,18-20H,8-11,14-15,17H2,1-7H3,(H,33,34)/t18?,19-,20?/m0/s1. The Labute approximate surface area is 219 Å². The fourth-order valence-corrected chi connectivity index (χ4v) is 5.67. The summed E-state index contributed by atoms with van der Waals surface area (Å²) in [6, 6.07) is 0.824. The summed E-state index contributed by atoms with van der Waals surface area (Å²) < 4.78 is 5.77. The van der Waals surface area contributed by atoms with E-state index in [1.807, 2.05) is 34.6 Å². The first kappa shape index (κ1) is 28.2. The molecule has 36 heavy (non-hydrogen) atoms. The van der Waals surface area contributed by atoms with E-state index in [2.05, 4.69) is 18.8 Å². The largest absolute Gasteiger partial charge is 0.477 e. The fraction of sp³-hybridized carbons (Fsp3) is 0.679. The molecule has 0 radical (unpaired) electrons. The molecular formula is C28H40N2O5S. The quantitative estimate of drug-likeness (QED) is 0.555. The van der Waals surface area contributed by atoms with Gasteiger partial charge < -0.3 is 14.7 Å². The number of nitrogens with zero attached hydrogens (tertiary/aromatic N) is 2. The monoisotopic (exact) mass is 516 g/mol. The molecule has 1 aromatic heterocycles. The molecule has 1 aromatic rings. The second-order valence-electron chi connectivity index (χ2n) is 11.8. The minimum atomic E-state index is -1.12. The van der Waals surface area contributed by atoms with Crippen LogP contribution >= 0.6 is 11.3 Å². The van der Waals surface area contributed by atoms with Gasteiger partial charge in [0, 0.05) is 24.4 Å². The molecule has 1 N–H and O–H groups in total. The van der Waals surface area contributed by atoms with E-state index in [-0.39, 0.29) is 33.7 Å². The highest BCUT2D eigenvalue weighted by molar-refractivity contribution is 7.15. The molecule has 3 rings (SSSR count). The maximum absolute atomic E-state index is 14.0. The van der Waals surface area contributed by atoms with Crippen molar-refractivity contribution < 1.29 is 24.2 Å². The van der Waals surface area contributed by atoms with Gasteiger partial charge in [0.2, 0.25) is 11.8 Å². The molecular weight excluding hydrogens is 476 g/mol. The van der Waals surface area contributed by atoms with Gasteiger partial charge in [0.05, 0.1) is 22.8 Å². The van der Waals surface area contributed by atoms with E-state index in [0.29, 0.717) is 30.5 Å². The van der Waals surface area contributed by atoms with Crippen LogP contribution in [0.3, 0.4) is 0 Å². The van der Waals surface area contributed by atoms with E-state index < -0.39 is 17.6 Å². The van der Waals surface area contributed by atoms with Crippen molar-refractivity contribution in [3.8, 4) is 11.8 Å². The van der Waals surface area contributed by atoms with Crippen LogP contribution < -0.4 is 4.90 Å². The molecule has 0 unspecified atom stereocenters. The van der Waals surface area contributed by atoms with Crippen LogP contribution in [0.1, 0.15) is 88.7 Å². The van der Waals surface area contributed by atoms with Gasteiger partial charge in [-0.3, -0.25) is 14.5 Å². The van der Waals surface area contributed by atoms with Crippen molar-refractivity contribution in [3.05, 3.63) is 15.8 Å². The lowest BCUT2D eigenvalue weighted by molar-refractivity contribution is -0.148. The predicted octanol–water partition coefficient (Wildman–Crippen LogP) is 5.03. The van der Waals surface area contributed by atoms with Crippen molar-refractivity contribution in [2.75, 3.05) is 24.6 Å². The number of rotatable bonds is 5. The summed E-state index contributed by atoms with van der Waals surface area (Å²) in [5.74, 6) is 5.05. The number of carbonyl (C=O) groups is 3. The second-order valence-corrected chi connectivity index (χ2v) is 12.9. The lowest BCUT2D eigenvalue weighted by Gasteiger charge is -2.41. The molecule has 0 aromatic carbocycles. The van der Waals surface area contributed by atoms with Crippen molar-refractivity contribution in [1.82, 2.24) is 4.90 Å². The van der Waals surface area contributed by atoms with Crippen molar-refractivity contribution in [1.29, 1.82) is 0 Å². The van der Waals surface area contributed by atoms with Gasteiger partial charge in [0.15, 0.2) is 0 Å². The molecule has 2 amide bonds. The van der Waals surface area contributed by atoms with Crippen LogP contribution in [0.15, 0.2) is 6.07 Å². The minimum absolute atomic E-state index is 0.0349. The predicted molar refractivity (Wildman–Crippen MR) is 142 cm³/mol. The zero-order valence-electron chi connectivity index (χ0n) is 22.6. The second kappa shape index (κ2) is 10.9. The van der Waals surface area contributed by atoms with Crippen LogP contribution in [0.25, 0.3) is 0 Å². The first-order chi connectivity index (χ1) is 16.7. The van der Waals surface area contributed by atoms with Gasteiger partial charge in [-0.15, -0.1) is 11.3 Å². The number of carboxylic acid groups (broad SMARTS) is 1. The maximum atomic E-state index is 14.0. The van der Waals surface area contributed by atoms with Crippen molar-refractivity contribution in [2.24, 2.45) is 17.3 Å². The molecule has 0 bridgehead atoms. The Balaban J connectivity index is 2.03. The van der Waals surface area contributed by atoms with E-state index in [9.17, 15) is 19.5 Å². The van der Waals surface area contributed by atoms with Gasteiger partial charge >= 0.3 is 5.97 Å². The van der Waals surface area contributed by atoms with E-state index >= 15 is 0 Å². The summed E-state index contributed by atoms with van der Waals surface area (Å²) in [6.07, 6.45) is 3.38. The third-order valence-corrected chi connectivity index (χ3v) is 7.84. The number of carboxylic acids is 1. The van der Waals surface area contributed by atoms with E-state index in [1.165, 1.54) is 4.90 Å². The molecule has 198 valence electrons. The molecule has 1 aliphatic carbocycles. The van der Waals surface area contributed by atoms with Crippen molar-refractivity contribution >= 4 is 34.8 Å². The van der Waals surface area contributed by atoms with Crippen molar-refractivity contribution in [2.45, 2.75) is 85.8 Å². The summed E-state index contributed by atoms with van der Waals surface area (Å²) >= 11 is 1.05. The highest BCUT2D eigenvalue weighted by Crippen LogP contribution is 2.36. The molecule has 2 fully saturated rings. The van der Waals surface area contributed by atoms with Crippen LogP contribution in [-0.2, 0) is 14.3 Å². The Morgan fingerprint density at radius 2 is 1.86 bits per heavy atom.